The summed E-state index contributed by atoms with van der Waals surface area (Å²) in [5.74, 6) is -0.481. The molecule has 6 nitrogen and oxygen atoms in total. The summed E-state index contributed by atoms with van der Waals surface area (Å²) in [7, 11) is -3.77. The van der Waals surface area contributed by atoms with E-state index in [1.54, 1.807) is 19.2 Å². The molecule has 1 aromatic heterocycles. The molecule has 20 heavy (non-hydrogen) atoms. The van der Waals surface area contributed by atoms with Gasteiger partial charge in [-0.2, -0.15) is 0 Å². The maximum absolute atomic E-state index is 12.3. The lowest BCUT2D eigenvalue weighted by Gasteiger charge is -2.13. The molecule has 0 spiro atoms. The lowest BCUT2D eigenvalue weighted by molar-refractivity contribution is 0.0602. The van der Waals surface area contributed by atoms with Gasteiger partial charge >= 0.3 is 5.97 Å². The zero-order valence-electron chi connectivity index (χ0n) is 11.6. The van der Waals surface area contributed by atoms with E-state index < -0.39 is 32.8 Å². The Morgan fingerprint density at radius 1 is 1.55 bits per heavy atom. The molecule has 0 radical (unpaired) electrons. The first-order valence-corrected chi connectivity index (χ1v) is 9.76. The first-order valence-electron chi connectivity index (χ1n) is 5.67. The van der Waals surface area contributed by atoms with Gasteiger partial charge in [-0.3, -0.25) is 4.21 Å². The Bertz CT molecular complexity index is 620. The van der Waals surface area contributed by atoms with Crippen molar-refractivity contribution in [3.05, 3.63) is 15.8 Å². The monoisotopic (exact) mass is 339 g/mol. The molecule has 0 saturated heterocycles. The van der Waals surface area contributed by atoms with Gasteiger partial charge in [0.05, 0.1) is 7.11 Å². The van der Waals surface area contributed by atoms with E-state index in [1.165, 1.54) is 13.4 Å². The summed E-state index contributed by atoms with van der Waals surface area (Å²) >= 11 is 1.02. The normalized spacial score (nSPS) is 14.8. The van der Waals surface area contributed by atoms with Crippen LogP contribution in [0.4, 0.5) is 0 Å². The van der Waals surface area contributed by atoms with Crippen LogP contribution in [0.2, 0.25) is 0 Å². The summed E-state index contributed by atoms with van der Waals surface area (Å²) in [6.45, 7) is 3.23. The van der Waals surface area contributed by atoms with Gasteiger partial charge in [0.25, 0.3) is 0 Å². The van der Waals surface area contributed by atoms with Gasteiger partial charge in [0.15, 0.2) is 0 Å². The van der Waals surface area contributed by atoms with Gasteiger partial charge in [0.1, 0.15) is 9.77 Å². The van der Waals surface area contributed by atoms with Crippen LogP contribution in [0.15, 0.2) is 10.3 Å². The summed E-state index contributed by atoms with van der Waals surface area (Å²) in [4.78, 5) is 11.6. The van der Waals surface area contributed by atoms with Gasteiger partial charge in [0.2, 0.25) is 10.0 Å². The molecule has 0 aliphatic heterocycles. The number of esters is 1. The minimum Gasteiger partial charge on any atom is -0.465 e. The van der Waals surface area contributed by atoms with Crippen LogP contribution in [0.1, 0.15) is 22.2 Å². The predicted octanol–water partition coefficient (Wildman–Crippen LogP) is 0.888. The number of thiophene rings is 1. The average Bonchev–Trinajstić information content (AvgIpc) is 2.68. The topological polar surface area (TPSA) is 89.5 Å². The molecule has 0 amide bonds. The Balaban J connectivity index is 3.13. The lowest BCUT2D eigenvalue weighted by Crippen LogP contribution is -2.36. The number of hydrogen-bond donors (Lipinski definition) is 1. The molecule has 0 saturated carbocycles. The third-order valence-electron chi connectivity index (χ3n) is 2.40. The maximum atomic E-state index is 12.3. The second kappa shape index (κ2) is 6.79. The number of sulfonamides is 1. The molecule has 0 bridgehead atoms. The third-order valence-corrected chi connectivity index (χ3v) is 6.35. The quantitative estimate of drug-likeness (QED) is 0.778. The summed E-state index contributed by atoms with van der Waals surface area (Å²) in [6.07, 6.45) is 1.50. The van der Waals surface area contributed by atoms with Crippen molar-refractivity contribution in [2.75, 3.05) is 19.1 Å². The van der Waals surface area contributed by atoms with Crippen molar-refractivity contribution in [1.82, 2.24) is 4.72 Å². The highest BCUT2D eigenvalue weighted by molar-refractivity contribution is 7.90. The second-order valence-corrected chi connectivity index (χ2v) is 8.34. The van der Waals surface area contributed by atoms with Crippen molar-refractivity contribution in [2.45, 2.75) is 24.8 Å². The van der Waals surface area contributed by atoms with E-state index in [0.717, 1.165) is 11.3 Å². The molecular formula is C11H17NO5S3. The predicted molar refractivity (Wildman–Crippen MR) is 79.1 cm³/mol. The fourth-order valence-electron chi connectivity index (χ4n) is 1.71. The zero-order chi connectivity index (χ0) is 15.5. The van der Waals surface area contributed by atoms with E-state index in [2.05, 4.69) is 9.46 Å². The number of nitrogens with one attached hydrogen (secondary N) is 1. The van der Waals surface area contributed by atoms with E-state index in [1.807, 2.05) is 0 Å². The van der Waals surface area contributed by atoms with Crippen LogP contribution in [0, 0.1) is 6.92 Å². The van der Waals surface area contributed by atoms with E-state index in [4.69, 9.17) is 0 Å². The van der Waals surface area contributed by atoms with Crippen molar-refractivity contribution < 1.29 is 22.2 Å². The van der Waals surface area contributed by atoms with Crippen LogP contribution < -0.4 is 4.72 Å². The summed E-state index contributed by atoms with van der Waals surface area (Å²) in [5.41, 5.74) is 0.479. The molecular weight excluding hydrogens is 322 g/mol. The third kappa shape index (κ3) is 4.11. The highest BCUT2D eigenvalue weighted by Gasteiger charge is 2.28. The molecule has 1 rings (SSSR count). The molecule has 0 fully saturated rings. The minimum absolute atomic E-state index is 0.0438. The van der Waals surface area contributed by atoms with Crippen molar-refractivity contribution in [3.8, 4) is 0 Å². The fourth-order valence-corrected chi connectivity index (χ4v) is 5.55. The molecule has 0 aliphatic rings. The Labute approximate surface area is 125 Å². The standard InChI is InChI=1S/C11H17NO5S3/c1-7-5-18-9(11(13)17-3)10(7)20(15,16)12-8(2)6-19(4)14/h5,8,12H,6H2,1-4H3. The van der Waals surface area contributed by atoms with Gasteiger partial charge in [-0.25, -0.2) is 17.9 Å². The Morgan fingerprint density at radius 3 is 2.65 bits per heavy atom. The summed E-state index contributed by atoms with van der Waals surface area (Å²) in [5, 5.41) is 1.59. The smallest absolute Gasteiger partial charge is 0.349 e. The van der Waals surface area contributed by atoms with Gasteiger partial charge in [-0.15, -0.1) is 11.3 Å². The van der Waals surface area contributed by atoms with Crippen molar-refractivity contribution in [2.24, 2.45) is 0 Å². The first kappa shape index (κ1) is 17.3. The Kier molecular flexibility index (Phi) is 5.87. The summed E-state index contributed by atoms with van der Waals surface area (Å²) < 4.78 is 42.8. The van der Waals surface area contributed by atoms with Crippen LogP contribution in [0.3, 0.4) is 0 Å². The van der Waals surface area contributed by atoms with Crippen LogP contribution in [0.5, 0.6) is 0 Å². The number of aryl methyl sites for hydroxylation is 1. The molecule has 0 aliphatic carbocycles. The fraction of sp³-hybridized carbons (Fsp3) is 0.545. The Morgan fingerprint density at radius 2 is 2.15 bits per heavy atom. The summed E-state index contributed by atoms with van der Waals surface area (Å²) in [6, 6.07) is -0.490. The minimum atomic E-state index is -3.85. The molecule has 2 atom stereocenters. The number of methoxy groups -OCH3 is 1. The largest absolute Gasteiger partial charge is 0.465 e. The second-order valence-electron chi connectivity index (χ2n) is 4.33. The van der Waals surface area contributed by atoms with Crippen LogP contribution >= 0.6 is 11.3 Å². The average molecular weight is 339 g/mol. The lowest BCUT2D eigenvalue weighted by atomic mass is 10.3. The molecule has 1 aromatic rings. The van der Waals surface area contributed by atoms with Crippen molar-refractivity contribution in [3.63, 3.8) is 0 Å². The van der Waals surface area contributed by atoms with Crippen LogP contribution in [-0.4, -0.2) is 43.8 Å². The first-order chi connectivity index (χ1) is 9.19. The van der Waals surface area contributed by atoms with Crippen molar-refractivity contribution in [1.29, 1.82) is 0 Å². The van der Waals surface area contributed by atoms with Gasteiger partial charge in [-0.1, -0.05) is 0 Å². The number of carbonyl (C=O) groups excluding carboxylic acids is 1. The number of rotatable bonds is 6. The van der Waals surface area contributed by atoms with Crippen molar-refractivity contribution >= 4 is 38.1 Å². The molecule has 2 unspecified atom stereocenters. The zero-order valence-corrected chi connectivity index (χ0v) is 14.1. The molecule has 9 heteroatoms. The Hall–Kier alpha value is -0.770. The van der Waals surface area contributed by atoms with E-state index in [9.17, 15) is 17.4 Å². The van der Waals surface area contributed by atoms with Gasteiger partial charge in [0, 0.05) is 28.9 Å². The maximum Gasteiger partial charge on any atom is 0.349 e. The van der Waals surface area contributed by atoms with E-state index in [0.29, 0.717) is 5.56 Å². The highest BCUT2D eigenvalue weighted by Crippen LogP contribution is 2.27. The number of carbonyl (C=O) groups is 1. The molecule has 1 heterocycles. The SMILES string of the molecule is COC(=O)c1scc(C)c1S(=O)(=O)NC(C)CS(C)=O. The van der Waals surface area contributed by atoms with Crippen LogP contribution in [0.25, 0.3) is 0 Å². The van der Waals surface area contributed by atoms with Crippen LogP contribution in [-0.2, 0) is 25.6 Å². The molecule has 114 valence electrons. The number of ether oxygens (including phenoxy) is 1. The van der Waals surface area contributed by atoms with E-state index in [-0.39, 0.29) is 15.5 Å². The van der Waals surface area contributed by atoms with Gasteiger partial charge < -0.3 is 4.74 Å². The molecule has 0 aromatic carbocycles. The van der Waals surface area contributed by atoms with Gasteiger partial charge in [-0.05, 0) is 24.8 Å². The number of hydrogen-bond acceptors (Lipinski definition) is 6. The van der Waals surface area contributed by atoms with E-state index >= 15 is 0 Å². The molecule has 1 N–H and O–H groups in total. The highest BCUT2D eigenvalue weighted by atomic mass is 32.2.